The molecular formula is C24H27N5O6S. The number of benzene rings is 2. The second-order valence-corrected chi connectivity index (χ2v) is 8.22. The molecule has 1 atom stereocenters. The summed E-state index contributed by atoms with van der Waals surface area (Å²) in [4.78, 5) is 40.5. The van der Waals surface area contributed by atoms with Crippen LogP contribution in [0, 0.1) is 0 Å². The number of anilines is 2. The van der Waals surface area contributed by atoms with Crippen LogP contribution in [-0.2, 0) is 9.53 Å². The van der Waals surface area contributed by atoms with E-state index in [1.165, 1.54) is 26.2 Å². The van der Waals surface area contributed by atoms with Gasteiger partial charge in [-0.25, -0.2) is 0 Å². The lowest BCUT2D eigenvalue weighted by molar-refractivity contribution is -0.122. The SMILES string of the molecule is COCCNC(=O)[C@@H](c1ccc(OC)cc1)N(C(=O)c1snc(C(N)=O)c1N)c1ccccc1OC. The van der Waals surface area contributed by atoms with Crippen molar-refractivity contribution in [3.8, 4) is 11.5 Å². The molecule has 0 fully saturated rings. The van der Waals surface area contributed by atoms with E-state index >= 15 is 0 Å². The number of primary amides is 1. The quantitative estimate of drug-likeness (QED) is 0.328. The third-order valence-electron chi connectivity index (χ3n) is 5.26. The Balaban J connectivity index is 2.22. The van der Waals surface area contributed by atoms with Gasteiger partial charge in [-0.15, -0.1) is 0 Å². The first kappa shape index (κ1) is 26.4. The van der Waals surface area contributed by atoms with Gasteiger partial charge in [0.1, 0.15) is 22.4 Å². The van der Waals surface area contributed by atoms with E-state index in [4.69, 9.17) is 25.7 Å². The number of nitrogens with zero attached hydrogens (tertiary/aromatic N) is 2. The average Bonchev–Trinajstić information content (AvgIpc) is 3.28. The number of nitrogens with one attached hydrogen (secondary N) is 1. The van der Waals surface area contributed by atoms with E-state index in [0.717, 1.165) is 11.5 Å². The molecule has 0 aliphatic heterocycles. The molecule has 0 aliphatic carbocycles. The molecule has 190 valence electrons. The zero-order valence-corrected chi connectivity index (χ0v) is 20.8. The molecule has 36 heavy (non-hydrogen) atoms. The molecule has 1 heterocycles. The van der Waals surface area contributed by atoms with Gasteiger partial charge in [-0.05, 0) is 41.4 Å². The van der Waals surface area contributed by atoms with Crippen LogP contribution in [0.2, 0.25) is 0 Å². The second kappa shape index (κ2) is 12.0. The van der Waals surface area contributed by atoms with Crippen molar-refractivity contribution < 1.29 is 28.6 Å². The summed E-state index contributed by atoms with van der Waals surface area (Å²) in [5.41, 5.74) is 11.8. The van der Waals surface area contributed by atoms with Crippen LogP contribution in [0.5, 0.6) is 11.5 Å². The predicted octanol–water partition coefficient (Wildman–Crippen LogP) is 1.99. The number of hydrogen-bond acceptors (Lipinski definition) is 9. The maximum atomic E-state index is 14.0. The Labute approximate surface area is 212 Å². The average molecular weight is 514 g/mol. The minimum atomic E-state index is -1.16. The van der Waals surface area contributed by atoms with Gasteiger partial charge < -0.3 is 31.0 Å². The Morgan fingerprint density at radius 3 is 2.33 bits per heavy atom. The summed E-state index contributed by atoms with van der Waals surface area (Å²) in [6.07, 6.45) is 0. The lowest BCUT2D eigenvalue weighted by Crippen LogP contribution is -2.45. The highest BCUT2D eigenvalue weighted by Crippen LogP contribution is 2.38. The maximum absolute atomic E-state index is 14.0. The van der Waals surface area contributed by atoms with Gasteiger partial charge >= 0.3 is 0 Å². The van der Waals surface area contributed by atoms with E-state index in [9.17, 15) is 14.4 Å². The van der Waals surface area contributed by atoms with Crippen molar-refractivity contribution in [3.05, 3.63) is 64.7 Å². The van der Waals surface area contributed by atoms with E-state index in [1.807, 2.05) is 0 Å². The van der Waals surface area contributed by atoms with Gasteiger partial charge in [0, 0.05) is 13.7 Å². The zero-order chi connectivity index (χ0) is 26.2. The van der Waals surface area contributed by atoms with Crippen LogP contribution in [0.1, 0.15) is 31.8 Å². The molecule has 3 amide bonds. The van der Waals surface area contributed by atoms with Gasteiger partial charge in [-0.2, -0.15) is 4.37 Å². The molecule has 0 unspecified atom stereocenters. The Morgan fingerprint density at radius 2 is 1.75 bits per heavy atom. The Hall–Kier alpha value is -4.16. The summed E-state index contributed by atoms with van der Waals surface area (Å²) in [5, 5.41) is 2.80. The fraction of sp³-hybridized carbons (Fsp3) is 0.250. The van der Waals surface area contributed by atoms with Crippen molar-refractivity contribution in [2.75, 3.05) is 45.1 Å². The lowest BCUT2D eigenvalue weighted by atomic mass is 10.0. The fourth-order valence-corrected chi connectivity index (χ4v) is 4.25. The first-order chi connectivity index (χ1) is 17.3. The summed E-state index contributed by atoms with van der Waals surface area (Å²) < 4.78 is 19.7. The van der Waals surface area contributed by atoms with Gasteiger partial charge in [0.25, 0.3) is 11.8 Å². The molecular weight excluding hydrogens is 486 g/mol. The van der Waals surface area contributed by atoms with Crippen LogP contribution in [0.25, 0.3) is 0 Å². The number of para-hydroxylation sites is 2. The summed E-state index contributed by atoms with van der Waals surface area (Å²) >= 11 is 0.721. The number of ether oxygens (including phenoxy) is 3. The molecule has 0 bridgehead atoms. The molecule has 0 radical (unpaired) electrons. The number of aromatic nitrogens is 1. The molecule has 3 aromatic rings. The maximum Gasteiger partial charge on any atom is 0.273 e. The van der Waals surface area contributed by atoms with Gasteiger partial charge in [-0.1, -0.05) is 24.3 Å². The van der Waals surface area contributed by atoms with Crippen LogP contribution in [0.4, 0.5) is 11.4 Å². The third-order valence-corrected chi connectivity index (χ3v) is 6.11. The number of carbonyl (C=O) groups is 3. The normalized spacial score (nSPS) is 11.4. The highest BCUT2D eigenvalue weighted by molar-refractivity contribution is 7.09. The number of rotatable bonds is 11. The topological polar surface area (TPSA) is 159 Å². The number of methoxy groups -OCH3 is 3. The summed E-state index contributed by atoms with van der Waals surface area (Å²) in [7, 11) is 4.49. The molecule has 5 N–H and O–H groups in total. The van der Waals surface area contributed by atoms with Crippen LogP contribution >= 0.6 is 11.5 Å². The van der Waals surface area contributed by atoms with Crippen molar-refractivity contribution in [2.45, 2.75) is 6.04 Å². The highest BCUT2D eigenvalue weighted by atomic mass is 32.1. The summed E-state index contributed by atoms with van der Waals surface area (Å²) in [5.74, 6) is -1.09. The molecule has 0 spiro atoms. The van der Waals surface area contributed by atoms with E-state index in [1.54, 1.807) is 48.5 Å². The monoisotopic (exact) mass is 513 g/mol. The number of amides is 3. The molecule has 12 heteroatoms. The lowest BCUT2D eigenvalue weighted by Gasteiger charge is -2.32. The molecule has 3 rings (SSSR count). The Morgan fingerprint density at radius 1 is 1.06 bits per heavy atom. The van der Waals surface area contributed by atoms with Crippen molar-refractivity contribution in [3.63, 3.8) is 0 Å². The van der Waals surface area contributed by atoms with E-state index < -0.39 is 23.8 Å². The molecule has 2 aromatic carbocycles. The van der Waals surface area contributed by atoms with Crippen molar-refractivity contribution in [1.29, 1.82) is 0 Å². The van der Waals surface area contributed by atoms with Crippen molar-refractivity contribution in [2.24, 2.45) is 5.73 Å². The molecule has 0 aliphatic rings. The van der Waals surface area contributed by atoms with Crippen LogP contribution in [0.15, 0.2) is 48.5 Å². The number of nitrogens with two attached hydrogens (primary N) is 2. The van der Waals surface area contributed by atoms with Crippen LogP contribution in [0.3, 0.4) is 0 Å². The Kier molecular flexibility index (Phi) is 8.81. The largest absolute Gasteiger partial charge is 0.497 e. The van der Waals surface area contributed by atoms with Gasteiger partial charge in [-0.3, -0.25) is 19.3 Å². The van der Waals surface area contributed by atoms with Crippen LogP contribution in [-0.4, -0.2) is 56.6 Å². The van der Waals surface area contributed by atoms with E-state index in [0.29, 0.717) is 22.7 Å². The van der Waals surface area contributed by atoms with Crippen LogP contribution < -0.4 is 31.2 Å². The third kappa shape index (κ3) is 5.56. The Bertz CT molecular complexity index is 1230. The van der Waals surface area contributed by atoms with E-state index in [2.05, 4.69) is 9.69 Å². The van der Waals surface area contributed by atoms with Crippen molar-refractivity contribution in [1.82, 2.24) is 9.69 Å². The fourth-order valence-electron chi connectivity index (χ4n) is 3.51. The van der Waals surface area contributed by atoms with Gasteiger partial charge in [0.15, 0.2) is 5.69 Å². The minimum Gasteiger partial charge on any atom is -0.497 e. The highest BCUT2D eigenvalue weighted by Gasteiger charge is 2.37. The first-order valence-corrected chi connectivity index (χ1v) is 11.5. The summed E-state index contributed by atoms with van der Waals surface area (Å²) in [6, 6.07) is 12.3. The molecule has 1 aromatic heterocycles. The number of nitrogen functional groups attached to an aromatic ring is 1. The smallest absolute Gasteiger partial charge is 0.273 e. The minimum absolute atomic E-state index is 0.0436. The van der Waals surface area contributed by atoms with E-state index in [-0.39, 0.29) is 29.4 Å². The van der Waals surface area contributed by atoms with Gasteiger partial charge in [0.2, 0.25) is 5.91 Å². The second-order valence-electron chi connectivity index (χ2n) is 7.44. The van der Waals surface area contributed by atoms with Gasteiger partial charge in [0.05, 0.1) is 32.2 Å². The molecule has 11 nitrogen and oxygen atoms in total. The summed E-state index contributed by atoms with van der Waals surface area (Å²) in [6.45, 7) is 0.484. The first-order valence-electron chi connectivity index (χ1n) is 10.8. The molecule has 0 saturated carbocycles. The molecule has 0 saturated heterocycles. The predicted molar refractivity (Wildman–Crippen MR) is 135 cm³/mol. The standard InChI is InChI=1S/C24H27N5O6S/c1-33-13-12-27-23(31)20(14-8-10-15(34-2)11-9-14)29(16-6-4-5-7-17(16)35-3)24(32)21-18(25)19(22(26)30)28-36-21/h4-11,20H,12-13,25H2,1-3H3,(H2,26,30)(H,27,31)/t20-/m1/s1. The number of hydrogen-bond donors (Lipinski definition) is 3. The number of carbonyl (C=O) groups excluding carboxylic acids is 3. The zero-order valence-electron chi connectivity index (χ0n) is 20.0. The van der Waals surface area contributed by atoms with Crippen molar-refractivity contribution >= 4 is 40.6 Å².